The van der Waals surface area contributed by atoms with Crippen LogP contribution >= 0.6 is 15.9 Å². The van der Waals surface area contributed by atoms with Gasteiger partial charge in [0.1, 0.15) is 0 Å². The molecule has 1 N–H and O–H groups in total. The van der Waals surface area contributed by atoms with E-state index in [1.165, 1.54) is 42.3 Å². The van der Waals surface area contributed by atoms with Gasteiger partial charge in [0.2, 0.25) is 0 Å². The zero-order valence-electron chi connectivity index (χ0n) is 10.4. The Hall–Kier alpha value is -0.340. The number of rotatable bonds is 4. The van der Waals surface area contributed by atoms with Crippen LogP contribution in [-0.2, 0) is 5.41 Å². The van der Waals surface area contributed by atoms with Gasteiger partial charge in [-0.25, -0.2) is 0 Å². The quantitative estimate of drug-likeness (QED) is 0.889. The minimum absolute atomic E-state index is 0.406. The molecule has 1 nitrogen and oxygen atoms in total. The molecule has 2 aliphatic rings. The van der Waals surface area contributed by atoms with Gasteiger partial charge in [-0.15, -0.1) is 0 Å². The molecule has 2 unspecified atom stereocenters. The molecule has 0 radical (unpaired) electrons. The van der Waals surface area contributed by atoms with Crippen molar-refractivity contribution >= 4 is 15.9 Å². The molecule has 1 aromatic rings. The molecule has 0 bridgehead atoms. The summed E-state index contributed by atoms with van der Waals surface area (Å²) in [7, 11) is 0. The van der Waals surface area contributed by atoms with E-state index in [1.54, 1.807) is 0 Å². The Morgan fingerprint density at radius 2 is 1.94 bits per heavy atom. The highest BCUT2D eigenvalue weighted by atomic mass is 79.9. The van der Waals surface area contributed by atoms with Gasteiger partial charge in [0.05, 0.1) is 0 Å². The predicted octanol–water partition coefficient (Wildman–Crippen LogP) is 3.87. The first kappa shape index (κ1) is 11.7. The van der Waals surface area contributed by atoms with E-state index in [0.717, 1.165) is 12.0 Å². The summed E-state index contributed by atoms with van der Waals surface area (Å²) < 4.78 is 1.18. The Morgan fingerprint density at radius 1 is 1.24 bits per heavy atom. The van der Waals surface area contributed by atoms with Crippen LogP contribution in [0.4, 0.5) is 0 Å². The van der Waals surface area contributed by atoms with Crippen molar-refractivity contribution in [1.82, 2.24) is 5.32 Å². The van der Waals surface area contributed by atoms with Crippen molar-refractivity contribution in [1.29, 1.82) is 0 Å². The van der Waals surface area contributed by atoms with Crippen molar-refractivity contribution in [2.75, 3.05) is 6.54 Å². The van der Waals surface area contributed by atoms with Crippen LogP contribution in [0.15, 0.2) is 28.7 Å². The maximum atomic E-state index is 3.73. The largest absolute Gasteiger partial charge is 0.313 e. The van der Waals surface area contributed by atoms with Gasteiger partial charge in [-0.3, -0.25) is 0 Å². The van der Waals surface area contributed by atoms with Gasteiger partial charge in [0.25, 0.3) is 0 Å². The third-order valence-corrected chi connectivity index (χ3v) is 5.20. The highest BCUT2D eigenvalue weighted by Gasteiger charge is 2.45. The van der Waals surface area contributed by atoms with Crippen LogP contribution in [0, 0.1) is 5.92 Å². The van der Waals surface area contributed by atoms with Crippen LogP contribution in [0.2, 0.25) is 0 Å². The minimum Gasteiger partial charge on any atom is -0.313 e. The van der Waals surface area contributed by atoms with Crippen LogP contribution in [0.25, 0.3) is 0 Å². The Morgan fingerprint density at radius 3 is 2.41 bits per heavy atom. The number of halogens is 1. The predicted molar refractivity (Wildman–Crippen MR) is 75.2 cm³/mol. The number of hydrogen-bond donors (Lipinski definition) is 1. The molecule has 0 amide bonds. The zero-order chi connectivity index (χ0) is 11.9. The lowest BCUT2D eigenvalue weighted by atomic mass is 9.57. The molecule has 0 aliphatic heterocycles. The summed E-state index contributed by atoms with van der Waals surface area (Å²) in [6.07, 6.45) is 5.48. The summed E-state index contributed by atoms with van der Waals surface area (Å²) in [6, 6.07) is 9.77. The molecule has 2 aliphatic carbocycles. The number of hydrogen-bond acceptors (Lipinski definition) is 1. The Balaban J connectivity index is 1.80. The molecular weight excluding hydrogens is 274 g/mol. The van der Waals surface area contributed by atoms with Crippen molar-refractivity contribution in [3.8, 4) is 0 Å². The van der Waals surface area contributed by atoms with Crippen molar-refractivity contribution in [2.24, 2.45) is 5.92 Å². The SMILES string of the molecule is CC1CCC1(CNC1CC1)c1ccc(Br)cc1. The molecule has 92 valence electrons. The fraction of sp³-hybridized carbons (Fsp3) is 0.600. The highest BCUT2D eigenvalue weighted by Crippen LogP contribution is 2.48. The maximum Gasteiger partial charge on any atom is 0.0175 e. The van der Waals surface area contributed by atoms with E-state index in [0.29, 0.717) is 5.41 Å². The lowest BCUT2D eigenvalue weighted by Gasteiger charge is -2.49. The maximum absolute atomic E-state index is 3.73. The van der Waals surface area contributed by atoms with Crippen LogP contribution < -0.4 is 5.32 Å². The van der Waals surface area contributed by atoms with Gasteiger partial charge in [0.15, 0.2) is 0 Å². The average molecular weight is 294 g/mol. The first-order chi connectivity index (χ1) is 8.21. The first-order valence-electron chi connectivity index (χ1n) is 6.70. The minimum atomic E-state index is 0.406. The monoisotopic (exact) mass is 293 g/mol. The Bertz CT molecular complexity index is 396. The summed E-state index contributed by atoms with van der Waals surface area (Å²) in [6.45, 7) is 3.57. The second kappa shape index (κ2) is 4.40. The molecule has 0 spiro atoms. The van der Waals surface area contributed by atoms with E-state index in [2.05, 4.69) is 52.4 Å². The van der Waals surface area contributed by atoms with E-state index < -0.39 is 0 Å². The van der Waals surface area contributed by atoms with Crippen molar-refractivity contribution < 1.29 is 0 Å². The lowest BCUT2D eigenvalue weighted by molar-refractivity contribution is 0.133. The van der Waals surface area contributed by atoms with Crippen LogP contribution in [0.3, 0.4) is 0 Å². The van der Waals surface area contributed by atoms with Crippen LogP contribution in [0.1, 0.15) is 38.2 Å². The molecular formula is C15H20BrN. The molecule has 2 fully saturated rings. The molecule has 0 aromatic heterocycles. The van der Waals surface area contributed by atoms with Gasteiger partial charge in [-0.05, 0) is 49.3 Å². The molecule has 3 rings (SSSR count). The van der Waals surface area contributed by atoms with E-state index in [1.807, 2.05) is 0 Å². The van der Waals surface area contributed by atoms with E-state index in [-0.39, 0.29) is 0 Å². The number of benzene rings is 1. The van der Waals surface area contributed by atoms with E-state index >= 15 is 0 Å². The van der Waals surface area contributed by atoms with Crippen LogP contribution in [0.5, 0.6) is 0 Å². The Labute approximate surface area is 112 Å². The number of nitrogens with one attached hydrogen (secondary N) is 1. The first-order valence-corrected chi connectivity index (χ1v) is 7.49. The van der Waals surface area contributed by atoms with Gasteiger partial charge in [0, 0.05) is 22.5 Å². The van der Waals surface area contributed by atoms with Crippen molar-refractivity contribution in [3.63, 3.8) is 0 Å². The topological polar surface area (TPSA) is 12.0 Å². The lowest BCUT2D eigenvalue weighted by Crippen LogP contribution is -2.50. The van der Waals surface area contributed by atoms with Crippen molar-refractivity contribution in [3.05, 3.63) is 34.3 Å². The average Bonchev–Trinajstić information content (AvgIpc) is 3.14. The van der Waals surface area contributed by atoms with Gasteiger partial charge >= 0.3 is 0 Å². The normalized spacial score (nSPS) is 32.2. The highest BCUT2D eigenvalue weighted by molar-refractivity contribution is 9.10. The third-order valence-electron chi connectivity index (χ3n) is 4.67. The van der Waals surface area contributed by atoms with Crippen LogP contribution in [-0.4, -0.2) is 12.6 Å². The van der Waals surface area contributed by atoms with E-state index in [9.17, 15) is 0 Å². The molecule has 17 heavy (non-hydrogen) atoms. The second-order valence-corrected chi connectivity index (χ2v) is 6.67. The fourth-order valence-electron chi connectivity index (χ4n) is 2.97. The fourth-order valence-corrected chi connectivity index (χ4v) is 3.24. The summed E-state index contributed by atoms with van der Waals surface area (Å²) >= 11 is 3.52. The van der Waals surface area contributed by atoms with Gasteiger partial charge in [-0.1, -0.05) is 35.0 Å². The van der Waals surface area contributed by atoms with Crippen molar-refractivity contribution in [2.45, 2.75) is 44.1 Å². The Kier molecular flexibility index (Phi) is 3.04. The molecule has 2 heteroatoms. The third kappa shape index (κ3) is 2.17. The van der Waals surface area contributed by atoms with E-state index in [4.69, 9.17) is 0 Å². The van der Waals surface area contributed by atoms with Gasteiger partial charge in [-0.2, -0.15) is 0 Å². The molecule has 0 heterocycles. The summed E-state index contributed by atoms with van der Waals surface area (Å²) in [5.74, 6) is 0.815. The molecule has 0 saturated heterocycles. The second-order valence-electron chi connectivity index (χ2n) is 5.76. The molecule has 2 atom stereocenters. The standard InChI is InChI=1S/C15H20BrN/c1-11-8-9-15(11,10-17-14-6-7-14)12-2-4-13(16)5-3-12/h2-5,11,14,17H,6-10H2,1H3. The smallest absolute Gasteiger partial charge is 0.0175 e. The van der Waals surface area contributed by atoms with Gasteiger partial charge < -0.3 is 5.32 Å². The summed E-state index contributed by atoms with van der Waals surface area (Å²) in [5.41, 5.74) is 1.93. The molecule has 2 saturated carbocycles. The molecule has 1 aromatic carbocycles. The summed E-state index contributed by atoms with van der Waals surface area (Å²) in [5, 5.41) is 3.73. The zero-order valence-corrected chi connectivity index (χ0v) is 12.0. The summed E-state index contributed by atoms with van der Waals surface area (Å²) in [4.78, 5) is 0.